The smallest absolute Gasteiger partial charge is 0.251 e. The van der Waals surface area contributed by atoms with E-state index in [4.69, 9.17) is 0 Å². The summed E-state index contributed by atoms with van der Waals surface area (Å²) in [7, 11) is 0. The Labute approximate surface area is 129 Å². The first-order valence-electron chi connectivity index (χ1n) is 6.89. The molecular formula is C17H18N2O3. The number of nitrogens with one attached hydrogen (secondary N) is 2. The van der Waals surface area contributed by atoms with Gasteiger partial charge in [-0.05, 0) is 36.8 Å². The van der Waals surface area contributed by atoms with Crippen molar-refractivity contribution in [1.29, 1.82) is 0 Å². The van der Waals surface area contributed by atoms with Gasteiger partial charge in [0.25, 0.3) is 5.91 Å². The summed E-state index contributed by atoms with van der Waals surface area (Å²) in [6, 6.07) is 15.7. The minimum Gasteiger partial charge on any atom is -0.384 e. The standard InChI is InChI=1S/C17H18N2O3/c1-17(22,14-5-3-2-4-6-14)11-18-16(21)13-7-9-15(10-8-13)19-12-20/h2-10,12,22H,11H2,1H3,(H,18,21)(H,19,20). The molecule has 0 aliphatic heterocycles. The van der Waals surface area contributed by atoms with Crippen LogP contribution in [0.5, 0.6) is 0 Å². The molecule has 5 nitrogen and oxygen atoms in total. The van der Waals surface area contributed by atoms with Gasteiger partial charge in [0, 0.05) is 11.3 Å². The Kier molecular flexibility index (Phi) is 4.91. The van der Waals surface area contributed by atoms with Crippen molar-refractivity contribution in [3.63, 3.8) is 0 Å². The van der Waals surface area contributed by atoms with Gasteiger partial charge >= 0.3 is 0 Å². The highest BCUT2D eigenvalue weighted by Gasteiger charge is 2.23. The first-order valence-corrected chi connectivity index (χ1v) is 6.89. The van der Waals surface area contributed by atoms with Crippen LogP contribution in [-0.4, -0.2) is 24.0 Å². The molecule has 0 radical (unpaired) electrons. The molecule has 0 aliphatic carbocycles. The van der Waals surface area contributed by atoms with Crippen molar-refractivity contribution in [2.75, 3.05) is 11.9 Å². The number of rotatable bonds is 6. The maximum Gasteiger partial charge on any atom is 0.251 e. The molecule has 3 N–H and O–H groups in total. The van der Waals surface area contributed by atoms with Gasteiger partial charge in [-0.3, -0.25) is 9.59 Å². The largest absolute Gasteiger partial charge is 0.384 e. The van der Waals surface area contributed by atoms with E-state index in [1.165, 1.54) is 0 Å². The molecule has 5 heteroatoms. The second-order valence-corrected chi connectivity index (χ2v) is 5.16. The van der Waals surface area contributed by atoms with Crippen LogP contribution in [0.4, 0.5) is 5.69 Å². The van der Waals surface area contributed by atoms with Crippen LogP contribution in [-0.2, 0) is 10.4 Å². The van der Waals surface area contributed by atoms with Gasteiger partial charge in [0.05, 0.1) is 6.54 Å². The van der Waals surface area contributed by atoms with Crippen LogP contribution in [0.2, 0.25) is 0 Å². The third-order valence-electron chi connectivity index (χ3n) is 3.36. The molecule has 1 unspecified atom stereocenters. The molecule has 22 heavy (non-hydrogen) atoms. The maximum absolute atomic E-state index is 12.1. The van der Waals surface area contributed by atoms with Gasteiger partial charge in [-0.15, -0.1) is 0 Å². The van der Waals surface area contributed by atoms with Crippen LogP contribution in [0.25, 0.3) is 0 Å². The zero-order valence-electron chi connectivity index (χ0n) is 12.2. The average molecular weight is 298 g/mol. The number of amides is 2. The number of hydrogen-bond donors (Lipinski definition) is 3. The lowest BCUT2D eigenvalue weighted by Gasteiger charge is -2.24. The highest BCUT2D eigenvalue weighted by Crippen LogP contribution is 2.19. The van der Waals surface area contributed by atoms with Crippen molar-refractivity contribution >= 4 is 18.0 Å². The van der Waals surface area contributed by atoms with E-state index in [1.807, 2.05) is 30.3 Å². The van der Waals surface area contributed by atoms with Gasteiger partial charge in [-0.2, -0.15) is 0 Å². The maximum atomic E-state index is 12.1. The van der Waals surface area contributed by atoms with E-state index in [1.54, 1.807) is 31.2 Å². The first-order chi connectivity index (χ1) is 10.5. The van der Waals surface area contributed by atoms with E-state index >= 15 is 0 Å². The summed E-state index contributed by atoms with van der Waals surface area (Å²) in [4.78, 5) is 22.4. The van der Waals surface area contributed by atoms with Crippen LogP contribution in [0, 0.1) is 0 Å². The quantitative estimate of drug-likeness (QED) is 0.713. The van der Waals surface area contributed by atoms with Gasteiger partial charge in [-0.1, -0.05) is 30.3 Å². The summed E-state index contributed by atoms with van der Waals surface area (Å²) in [6.07, 6.45) is 0.576. The molecule has 0 spiro atoms. The molecule has 2 rings (SSSR count). The average Bonchev–Trinajstić information content (AvgIpc) is 2.54. The molecule has 0 fully saturated rings. The molecule has 0 aliphatic rings. The fraction of sp³-hybridized carbons (Fsp3) is 0.176. The summed E-state index contributed by atoms with van der Waals surface area (Å²) in [5.74, 6) is -0.283. The molecule has 0 saturated heterocycles. The van der Waals surface area contributed by atoms with E-state index < -0.39 is 5.60 Å². The number of carbonyl (C=O) groups excluding carboxylic acids is 2. The minimum atomic E-state index is -1.14. The fourth-order valence-electron chi connectivity index (χ4n) is 2.04. The van der Waals surface area contributed by atoms with Gasteiger partial charge in [0.1, 0.15) is 5.60 Å². The lowest BCUT2D eigenvalue weighted by Crippen LogP contribution is -2.38. The van der Waals surface area contributed by atoms with Gasteiger partial charge in [0.2, 0.25) is 6.41 Å². The van der Waals surface area contributed by atoms with Crippen molar-refractivity contribution in [1.82, 2.24) is 5.32 Å². The second kappa shape index (κ2) is 6.87. The van der Waals surface area contributed by atoms with E-state index in [2.05, 4.69) is 10.6 Å². The number of aliphatic hydroxyl groups is 1. The van der Waals surface area contributed by atoms with Crippen molar-refractivity contribution in [3.05, 3.63) is 65.7 Å². The van der Waals surface area contributed by atoms with E-state index in [0.717, 1.165) is 5.56 Å². The molecule has 0 aromatic heterocycles. The molecule has 0 bridgehead atoms. The van der Waals surface area contributed by atoms with Crippen LogP contribution in [0.15, 0.2) is 54.6 Å². The van der Waals surface area contributed by atoms with Crippen molar-refractivity contribution in [2.45, 2.75) is 12.5 Å². The number of hydrogen-bond acceptors (Lipinski definition) is 3. The summed E-state index contributed by atoms with van der Waals surface area (Å²) < 4.78 is 0. The van der Waals surface area contributed by atoms with Crippen molar-refractivity contribution in [3.8, 4) is 0 Å². The van der Waals surface area contributed by atoms with Gasteiger partial charge in [-0.25, -0.2) is 0 Å². The Morgan fingerprint density at radius 3 is 2.36 bits per heavy atom. The fourth-order valence-corrected chi connectivity index (χ4v) is 2.04. The molecule has 1 atom stereocenters. The van der Waals surface area contributed by atoms with Crippen molar-refractivity contribution in [2.24, 2.45) is 0 Å². The molecular weight excluding hydrogens is 280 g/mol. The predicted molar refractivity (Wildman–Crippen MR) is 84.5 cm³/mol. The van der Waals surface area contributed by atoms with Crippen LogP contribution in [0.3, 0.4) is 0 Å². The van der Waals surface area contributed by atoms with Crippen LogP contribution >= 0.6 is 0 Å². The van der Waals surface area contributed by atoms with Crippen LogP contribution < -0.4 is 10.6 Å². The second-order valence-electron chi connectivity index (χ2n) is 5.16. The topological polar surface area (TPSA) is 78.4 Å². The molecule has 2 amide bonds. The predicted octanol–water partition coefficient (Wildman–Crippen LogP) is 1.89. The van der Waals surface area contributed by atoms with Crippen molar-refractivity contribution < 1.29 is 14.7 Å². The van der Waals surface area contributed by atoms with Gasteiger partial charge in [0.15, 0.2) is 0 Å². The monoisotopic (exact) mass is 298 g/mol. The molecule has 2 aromatic rings. The Morgan fingerprint density at radius 1 is 1.14 bits per heavy atom. The Bertz CT molecular complexity index is 637. The summed E-state index contributed by atoms with van der Waals surface area (Å²) in [6.45, 7) is 1.75. The Hall–Kier alpha value is -2.66. The number of benzene rings is 2. The molecule has 0 heterocycles. The van der Waals surface area contributed by atoms with Gasteiger partial charge < -0.3 is 15.7 Å². The molecule has 114 valence electrons. The summed E-state index contributed by atoms with van der Waals surface area (Å²) in [5.41, 5.74) is 0.666. The normalized spacial score (nSPS) is 13.0. The highest BCUT2D eigenvalue weighted by molar-refractivity contribution is 5.94. The lowest BCUT2D eigenvalue weighted by atomic mass is 9.96. The number of anilines is 1. The summed E-state index contributed by atoms with van der Waals surface area (Å²) in [5, 5.41) is 15.6. The lowest BCUT2D eigenvalue weighted by molar-refractivity contribution is -0.105. The highest BCUT2D eigenvalue weighted by atomic mass is 16.3. The number of carbonyl (C=O) groups is 2. The Balaban J connectivity index is 1.98. The molecule has 0 saturated carbocycles. The van der Waals surface area contributed by atoms with E-state index in [0.29, 0.717) is 17.7 Å². The summed E-state index contributed by atoms with van der Waals surface area (Å²) >= 11 is 0. The zero-order valence-corrected chi connectivity index (χ0v) is 12.2. The first kappa shape index (κ1) is 15.7. The Morgan fingerprint density at radius 2 is 1.77 bits per heavy atom. The third kappa shape index (κ3) is 3.93. The third-order valence-corrected chi connectivity index (χ3v) is 3.36. The van der Waals surface area contributed by atoms with E-state index in [9.17, 15) is 14.7 Å². The van der Waals surface area contributed by atoms with E-state index in [-0.39, 0.29) is 12.5 Å². The van der Waals surface area contributed by atoms with Crippen LogP contribution in [0.1, 0.15) is 22.8 Å². The minimum absolute atomic E-state index is 0.101. The molecule has 2 aromatic carbocycles. The zero-order chi connectivity index (χ0) is 16.0. The SMILES string of the molecule is CC(O)(CNC(=O)c1ccc(NC=O)cc1)c1ccccc1.